The predicted octanol–water partition coefficient (Wildman–Crippen LogP) is 3.42. The Morgan fingerprint density at radius 3 is 2.45 bits per heavy atom. The van der Waals surface area contributed by atoms with Gasteiger partial charge in [0, 0.05) is 39.3 Å². The van der Waals surface area contributed by atoms with Gasteiger partial charge in [0.1, 0.15) is 24.6 Å². The van der Waals surface area contributed by atoms with E-state index in [1.165, 1.54) is 16.7 Å². The number of fused-ring (bicyclic) bond motifs is 1. The third-order valence-electron chi connectivity index (χ3n) is 5.97. The number of benzene rings is 2. The second kappa shape index (κ2) is 9.70. The van der Waals surface area contributed by atoms with E-state index in [4.69, 9.17) is 4.74 Å². The maximum Gasteiger partial charge on any atom is 0.119 e. The lowest BCUT2D eigenvalue weighted by Gasteiger charge is -2.30. The number of hydrogen-bond acceptors (Lipinski definition) is 4. The van der Waals surface area contributed by atoms with Crippen molar-refractivity contribution in [3.05, 3.63) is 65.2 Å². The highest BCUT2D eigenvalue weighted by molar-refractivity contribution is 5.29. The maximum atomic E-state index is 13.2. The molecule has 2 aromatic carbocycles. The summed E-state index contributed by atoms with van der Waals surface area (Å²) in [5, 5.41) is 10.4. The number of piperidine rings is 1. The van der Waals surface area contributed by atoms with Crippen molar-refractivity contribution in [2.45, 2.75) is 44.6 Å². The second-order valence-corrected chi connectivity index (χ2v) is 8.31. The van der Waals surface area contributed by atoms with E-state index in [9.17, 15) is 9.50 Å². The molecule has 2 aliphatic heterocycles. The van der Waals surface area contributed by atoms with Gasteiger partial charge < -0.3 is 9.84 Å². The first-order valence-electron chi connectivity index (χ1n) is 10.7. The molecule has 5 heteroatoms. The minimum atomic E-state index is -0.631. The Balaban J connectivity index is 1.20. The van der Waals surface area contributed by atoms with E-state index in [1.54, 1.807) is 0 Å². The van der Waals surface area contributed by atoms with Gasteiger partial charge in [-0.3, -0.25) is 9.80 Å². The van der Waals surface area contributed by atoms with Crippen LogP contribution in [0.5, 0.6) is 5.75 Å². The van der Waals surface area contributed by atoms with Crippen LogP contribution >= 0.6 is 0 Å². The normalized spacial score (nSPS) is 19.7. The van der Waals surface area contributed by atoms with Crippen molar-refractivity contribution in [3.8, 4) is 5.75 Å². The number of rotatable bonds is 7. The van der Waals surface area contributed by atoms with E-state index in [0.29, 0.717) is 26.0 Å². The number of nitrogens with zero attached hydrogens (tertiary/aromatic N) is 2. The molecule has 1 saturated heterocycles. The van der Waals surface area contributed by atoms with E-state index in [2.05, 4.69) is 46.2 Å². The van der Waals surface area contributed by atoms with Crippen molar-refractivity contribution >= 4 is 0 Å². The van der Waals surface area contributed by atoms with Crippen molar-refractivity contribution < 1.29 is 14.2 Å². The minimum Gasteiger partial charge on any atom is -0.491 e. The fourth-order valence-electron chi connectivity index (χ4n) is 4.26. The number of aliphatic hydroxyl groups is 1. The minimum absolute atomic E-state index is 0.293. The molecule has 1 N–H and O–H groups in total. The molecule has 1 atom stereocenters. The van der Waals surface area contributed by atoms with Gasteiger partial charge in [-0.1, -0.05) is 36.4 Å². The molecule has 0 aromatic heterocycles. The second-order valence-electron chi connectivity index (χ2n) is 8.31. The summed E-state index contributed by atoms with van der Waals surface area (Å²) in [6, 6.07) is 16.6. The van der Waals surface area contributed by atoms with Crippen LogP contribution in [-0.2, 0) is 19.5 Å². The fourth-order valence-corrected chi connectivity index (χ4v) is 4.26. The number of halogens is 1. The lowest BCUT2D eigenvalue weighted by molar-refractivity contribution is 0.0637. The largest absolute Gasteiger partial charge is 0.491 e. The Hall–Kier alpha value is -1.95. The number of β-amino-alcohol motifs (C(OH)–C–C–N with tert-alkyl or cyclic N) is 1. The Labute approximate surface area is 172 Å². The molecule has 0 aliphatic carbocycles. The van der Waals surface area contributed by atoms with Crippen LogP contribution < -0.4 is 4.74 Å². The molecule has 0 bridgehead atoms. The third-order valence-corrected chi connectivity index (χ3v) is 5.97. The summed E-state index contributed by atoms with van der Waals surface area (Å²) in [6.07, 6.45) is 1.17. The third kappa shape index (κ3) is 5.78. The van der Waals surface area contributed by atoms with Gasteiger partial charge in [0.2, 0.25) is 0 Å². The standard InChI is InChI=1S/C24H31FN2O2/c25-22-10-13-26(14-11-22)15-19-5-7-24(8-6-19)29-18-23(28)17-27-12-9-20-3-1-2-4-21(20)16-27/h1-8,22-23,28H,9-18H2. The summed E-state index contributed by atoms with van der Waals surface area (Å²) in [5.41, 5.74) is 3.99. The van der Waals surface area contributed by atoms with Crippen LogP contribution in [0.1, 0.15) is 29.5 Å². The van der Waals surface area contributed by atoms with Gasteiger partial charge in [-0.2, -0.15) is 0 Å². The zero-order valence-corrected chi connectivity index (χ0v) is 17.0. The summed E-state index contributed by atoms with van der Waals surface area (Å²) in [5.74, 6) is 0.777. The molecule has 156 valence electrons. The molecule has 2 aromatic rings. The van der Waals surface area contributed by atoms with Crippen molar-refractivity contribution in [1.82, 2.24) is 9.80 Å². The van der Waals surface area contributed by atoms with Crippen LogP contribution in [0, 0.1) is 0 Å². The Morgan fingerprint density at radius 1 is 0.966 bits per heavy atom. The summed E-state index contributed by atoms with van der Waals surface area (Å²) >= 11 is 0. The molecule has 0 spiro atoms. The van der Waals surface area contributed by atoms with Crippen LogP contribution in [-0.4, -0.2) is 60.0 Å². The summed E-state index contributed by atoms with van der Waals surface area (Å²) in [7, 11) is 0. The zero-order chi connectivity index (χ0) is 20.1. The average molecular weight is 399 g/mol. The smallest absolute Gasteiger partial charge is 0.119 e. The highest BCUT2D eigenvalue weighted by atomic mass is 19.1. The van der Waals surface area contributed by atoms with Crippen molar-refractivity contribution in [2.75, 3.05) is 32.8 Å². The van der Waals surface area contributed by atoms with Crippen LogP contribution in [0.3, 0.4) is 0 Å². The van der Waals surface area contributed by atoms with E-state index < -0.39 is 12.3 Å². The lowest BCUT2D eigenvalue weighted by atomic mass is 10.00. The van der Waals surface area contributed by atoms with Crippen LogP contribution in [0.4, 0.5) is 4.39 Å². The lowest BCUT2D eigenvalue weighted by Crippen LogP contribution is -2.38. The first-order chi connectivity index (χ1) is 14.2. The van der Waals surface area contributed by atoms with E-state index in [1.807, 2.05) is 12.1 Å². The molecule has 0 radical (unpaired) electrons. The Bertz CT molecular complexity index is 775. The summed E-state index contributed by atoms with van der Waals surface area (Å²) in [6.45, 7) is 5.29. The van der Waals surface area contributed by atoms with Crippen molar-refractivity contribution in [2.24, 2.45) is 0 Å². The highest BCUT2D eigenvalue weighted by Gasteiger charge is 2.19. The zero-order valence-electron chi connectivity index (χ0n) is 17.0. The topological polar surface area (TPSA) is 35.9 Å². The summed E-state index contributed by atoms with van der Waals surface area (Å²) < 4.78 is 19.0. The van der Waals surface area contributed by atoms with Gasteiger partial charge >= 0.3 is 0 Å². The SMILES string of the molecule is OC(COc1ccc(CN2CCC(F)CC2)cc1)CN1CCc2ccccc2C1. The van der Waals surface area contributed by atoms with Crippen molar-refractivity contribution in [1.29, 1.82) is 0 Å². The van der Waals surface area contributed by atoms with Crippen LogP contribution in [0.15, 0.2) is 48.5 Å². The number of ether oxygens (including phenoxy) is 1. The maximum absolute atomic E-state index is 13.2. The monoisotopic (exact) mass is 398 g/mol. The number of likely N-dealkylation sites (tertiary alicyclic amines) is 1. The molecule has 4 nitrogen and oxygen atoms in total. The number of aliphatic hydroxyl groups excluding tert-OH is 1. The van der Waals surface area contributed by atoms with Gasteiger partial charge in [-0.15, -0.1) is 0 Å². The van der Waals surface area contributed by atoms with Gasteiger partial charge in [0.25, 0.3) is 0 Å². The molecule has 4 rings (SSSR count). The van der Waals surface area contributed by atoms with Gasteiger partial charge in [-0.25, -0.2) is 4.39 Å². The summed E-state index contributed by atoms with van der Waals surface area (Å²) in [4.78, 5) is 4.59. The van der Waals surface area contributed by atoms with Crippen LogP contribution in [0.25, 0.3) is 0 Å². The van der Waals surface area contributed by atoms with Crippen molar-refractivity contribution in [3.63, 3.8) is 0 Å². The molecule has 29 heavy (non-hydrogen) atoms. The molecule has 0 saturated carbocycles. The van der Waals surface area contributed by atoms with E-state index in [0.717, 1.165) is 44.9 Å². The highest BCUT2D eigenvalue weighted by Crippen LogP contribution is 2.20. The average Bonchev–Trinajstić information content (AvgIpc) is 2.75. The molecule has 1 unspecified atom stereocenters. The van der Waals surface area contributed by atoms with Gasteiger partial charge in [-0.05, 0) is 48.1 Å². The van der Waals surface area contributed by atoms with Gasteiger partial charge in [0.05, 0.1) is 0 Å². The molecule has 1 fully saturated rings. The molecule has 2 aliphatic rings. The molecular formula is C24H31FN2O2. The molecular weight excluding hydrogens is 367 g/mol. The van der Waals surface area contributed by atoms with Gasteiger partial charge in [0.15, 0.2) is 0 Å². The Morgan fingerprint density at radius 2 is 1.69 bits per heavy atom. The van der Waals surface area contributed by atoms with E-state index >= 15 is 0 Å². The number of alkyl halides is 1. The molecule has 0 amide bonds. The fraction of sp³-hybridized carbons (Fsp3) is 0.500. The predicted molar refractivity (Wildman–Crippen MR) is 113 cm³/mol. The Kier molecular flexibility index (Phi) is 6.80. The first-order valence-corrected chi connectivity index (χ1v) is 10.7. The first kappa shape index (κ1) is 20.3. The number of hydrogen-bond donors (Lipinski definition) is 1. The van der Waals surface area contributed by atoms with E-state index in [-0.39, 0.29) is 0 Å². The van der Waals surface area contributed by atoms with Crippen LogP contribution in [0.2, 0.25) is 0 Å². The quantitative estimate of drug-likeness (QED) is 0.775. The molecule has 2 heterocycles.